The fraction of sp³-hybridized carbons (Fsp3) is 1.00. The standard InChI is InChI=1S/C12H23F3N2/c1-10(4-2-6-16)8-17-7-3-5-11(9-17)12(13,14)15/h10-11H,2-9,16H2,1H3. The summed E-state index contributed by atoms with van der Waals surface area (Å²) in [4.78, 5) is 1.96. The Morgan fingerprint density at radius 2 is 2.12 bits per heavy atom. The van der Waals surface area contributed by atoms with E-state index in [1.807, 2.05) is 4.90 Å². The summed E-state index contributed by atoms with van der Waals surface area (Å²) in [5, 5.41) is 0. The van der Waals surface area contributed by atoms with Gasteiger partial charge < -0.3 is 10.6 Å². The molecule has 0 aromatic rings. The molecule has 17 heavy (non-hydrogen) atoms. The lowest BCUT2D eigenvalue weighted by atomic mass is 9.96. The largest absolute Gasteiger partial charge is 0.393 e. The summed E-state index contributed by atoms with van der Waals surface area (Å²) in [5.74, 6) is -0.691. The molecule has 0 aromatic carbocycles. The zero-order valence-electron chi connectivity index (χ0n) is 10.5. The van der Waals surface area contributed by atoms with Crippen LogP contribution in [0.5, 0.6) is 0 Å². The molecule has 2 unspecified atom stereocenters. The third-order valence-corrected chi connectivity index (χ3v) is 3.44. The first-order valence-corrected chi connectivity index (χ1v) is 6.42. The van der Waals surface area contributed by atoms with Gasteiger partial charge in [0.2, 0.25) is 0 Å². The van der Waals surface area contributed by atoms with Crippen molar-refractivity contribution in [3.05, 3.63) is 0 Å². The molecule has 1 saturated heterocycles. The quantitative estimate of drug-likeness (QED) is 0.815. The minimum Gasteiger partial charge on any atom is -0.330 e. The lowest BCUT2D eigenvalue weighted by Crippen LogP contribution is -2.43. The molecule has 1 aliphatic rings. The van der Waals surface area contributed by atoms with Crippen molar-refractivity contribution in [3.8, 4) is 0 Å². The van der Waals surface area contributed by atoms with E-state index in [4.69, 9.17) is 5.73 Å². The topological polar surface area (TPSA) is 29.3 Å². The highest BCUT2D eigenvalue weighted by Crippen LogP contribution is 2.33. The molecular formula is C12H23F3N2. The smallest absolute Gasteiger partial charge is 0.330 e. The number of alkyl halides is 3. The highest BCUT2D eigenvalue weighted by atomic mass is 19.4. The molecule has 2 N–H and O–H groups in total. The molecule has 1 aliphatic heterocycles. The molecule has 0 aliphatic carbocycles. The number of likely N-dealkylation sites (tertiary alicyclic amines) is 1. The van der Waals surface area contributed by atoms with Crippen molar-refractivity contribution in [2.45, 2.75) is 38.8 Å². The van der Waals surface area contributed by atoms with Crippen LogP contribution in [0.25, 0.3) is 0 Å². The Kier molecular flexibility index (Phi) is 5.73. The van der Waals surface area contributed by atoms with Gasteiger partial charge >= 0.3 is 6.18 Å². The Bertz CT molecular complexity index is 218. The van der Waals surface area contributed by atoms with Gasteiger partial charge in [0, 0.05) is 13.1 Å². The predicted octanol–water partition coefficient (Wildman–Crippen LogP) is 2.64. The average Bonchev–Trinajstić information content (AvgIpc) is 2.25. The van der Waals surface area contributed by atoms with Crippen molar-refractivity contribution in [2.75, 3.05) is 26.2 Å². The van der Waals surface area contributed by atoms with Crippen LogP contribution in [0, 0.1) is 11.8 Å². The molecule has 2 nitrogen and oxygen atoms in total. The summed E-state index contributed by atoms with van der Waals surface area (Å²) in [7, 11) is 0. The van der Waals surface area contributed by atoms with Crippen molar-refractivity contribution in [1.29, 1.82) is 0 Å². The molecule has 0 radical (unpaired) electrons. The van der Waals surface area contributed by atoms with Crippen LogP contribution in [0.3, 0.4) is 0 Å². The molecule has 1 rings (SSSR count). The highest BCUT2D eigenvalue weighted by molar-refractivity contribution is 4.78. The van der Waals surface area contributed by atoms with Crippen LogP contribution < -0.4 is 5.73 Å². The number of halogens is 3. The van der Waals surface area contributed by atoms with Crippen molar-refractivity contribution in [2.24, 2.45) is 17.6 Å². The molecular weight excluding hydrogens is 229 g/mol. The summed E-state index contributed by atoms with van der Waals surface area (Å²) in [6.07, 6.45) is -1.12. The van der Waals surface area contributed by atoms with Crippen LogP contribution in [0.2, 0.25) is 0 Å². The number of hydrogen-bond acceptors (Lipinski definition) is 2. The molecule has 0 amide bonds. The maximum absolute atomic E-state index is 12.6. The third-order valence-electron chi connectivity index (χ3n) is 3.44. The predicted molar refractivity (Wildman–Crippen MR) is 62.7 cm³/mol. The summed E-state index contributed by atoms with van der Waals surface area (Å²) in [6, 6.07) is 0. The van der Waals surface area contributed by atoms with Crippen molar-refractivity contribution in [1.82, 2.24) is 4.90 Å². The monoisotopic (exact) mass is 252 g/mol. The van der Waals surface area contributed by atoms with E-state index in [1.165, 1.54) is 0 Å². The van der Waals surface area contributed by atoms with Gasteiger partial charge in [0.05, 0.1) is 5.92 Å². The minimum absolute atomic E-state index is 0.177. The van der Waals surface area contributed by atoms with Crippen LogP contribution in [-0.2, 0) is 0 Å². The molecule has 1 fully saturated rings. The lowest BCUT2D eigenvalue weighted by molar-refractivity contribution is -0.187. The number of nitrogens with two attached hydrogens (primary N) is 1. The van der Waals surface area contributed by atoms with Gasteiger partial charge in [-0.15, -0.1) is 0 Å². The van der Waals surface area contributed by atoms with E-state index in [0.29, 0.717) is 18.9 Å². The number of piperidine rings is 1. The Hall–Kier alpha value is -0.290. The Balaban J connectivity index is 2.34. The van der Waals surface area contributed by atoms with Gasteiger partial charge in [-0.25, -0.2) is 0 Å². The van der Waals surface area contributed by atoms with Gasteiger partial charge in [-0.2, -0.15) is 13.2 Å². The molecule has 0 saturated carbocycles. The minimum atomic E-state index is -4.03. The first kappa shape index (κ1) is 14.8. The number of hydrogen-bond donors (Lipinski definition) is 1. The Morgan fingerprint density at radius 1 is 1.41 bits per heavy atom. The van der Waals surface area contributed by atoms with E-state index in [2.05, 4.69) is 6.92 Å². The number of rotatable bonds is 5. The van der Waals surface area contributed by atoms with E-state index < -0.39 is 12.1 Å². The van der Waals surface area contributed by atoms with Gasteiger partial charge in [0.25, 0.3) is 0 Å². The van der Waals surface area contributed by atoms with E-state index >= 15 is 0 Å². The van der Waals surface area contributed by atoms with E-state index in [0.717, 1.165) is 25.9 Å². The molecule has 0 bridgehead atoms. The fourth-order valence-corrected chi connectivity index (χ4v) is 2.49. The fourth-order valence-electron chi connectivity index (χ4n) is 2.49. The van der Waals surface area contributed by atoms with Crippen LogP contribution in [0.1, 0.15) is 32.6 Å². The summed E-state index contributed by atoms with van der Waals surface area (Å²) >= 11 is 0. The number of nitrogens with zero attached hydrogens (tertiary/aromatic N) is 1. The van der Waals surface area contributed by atoms with Gasteiger partial charge in [-0.1, -0.05) is 6.92 Å². The van der Waals surface area contributed by atoms with E-state index in [-0.39, 0.29) is 13.0 Å². The normalized spacial score (nSPS) is 24.9. The zero-order valence-corrected chi connectivity index (χ0v) is 10.5. The second kappa shape index (κ2) is 6.59. The van der Waals surface area contributed by atoms with Crippen molar-refractivity contribution >= 4 is 0 Å². The molecule has 102 valence electrons. The SMILES string of the molecule is CC(CCCN)CN1CCCC(C(F)(F)F)C1. The first-order chi connectivity index (χ1) is 7.93. The van der Waals surface area contributed by atoms with Crippen LogP contribution in [0.15, 0.2) is 0 Å². The van der Waals surface area contributed by atoms with Crippen LogP contribution in [-0.4, -0.2) is 37.3 Å². The highest BCUT2D eigenvalue weighted by Gasteiger charge is 2.41. The zero-order chi connectivity index (χ0) is 12.9. The third kappa shape index (κ3) is 5.25. The van der Waals surface area contributed by atoms with E-state index in [1.54, 1.807) is 0 Å². The molecule has 5 heteroatoms. The van der Waals surface area contributed by atoms with E-state index in [9.17, 15) is 13.2 Å². The molecule has 2 atom stereocenters. The summed E-state index contributed by atoms with van der Waals surface area (Å²) in [6.45, 7) is 4.50. The summed E-state index contributed by atoms with van der Waals surface area (Å²) in [5.41, 5.74) is 5.43. The maximum Gasteiger partial charge on any atom is 0.393 e. The molecule has 0 aromatic heterocycles. The molecule has 0 spiro atoms. The second-order valence-corrected chi connectivity index (χ2v) is 5.18. The Morgan fingerprint density at radius 3 is 2.71 bits per heavy atom. The van der Waals surface area contributed by atoms with Gasteiger partial charge in [-0.3, -0.25) is 0 Å². The van der Waals surface area contributed by atoms with Crippen molar-refractivity contribution in [3.63, 3.8) is 0 Å². The van der Waals surface area contributed by atoms with Gasteiger partial charge in [0.15, 0.2) is 0 Å². The average molecular weight is 252 g/mol. The second-order valence-electron chi connectivity index (χ2n) is 5.18. The Labute approximate surface area is 101 Å². The van der Waals surface area contributed by atoms with Crippen LogP contribution >= 0.6 is 0 Å². The van der Waals surface area contributed by atoms with Crippen LogP contribution in [0.4, 0.5) is 13.2 Å². The van der Waals surface area contributed by atoms with Gasteiger partial charge in [-0.05, 0) is 44.7 Å². The van der Waals surface area contributed by atoms with Gasteiger partial charge in [0.1, 0.15) is 0 Å². The lowest BCUT2D eigenvalue weighted by Gasteiger charge is -2.35. The molecule has 1 heterocycles. The first-order valence-electron chi connectivity index (χ1n) is 6.42. The van der Waals surface area contributed by atoms with Crippen molar-refractivity contribution < 1.29 is 13.2 Å². The maximum atomic E-state index is 12.6. The summed E-state index contributed by atoms with van der Waals surface area (Å²) < 4.78 is 37.8.